The van der Waals surface area contributed by atoms with Crippen LogP contribution in [0.2, 0.25) is 5.02 Å². The Morgan fingerprint density at radius 2 is 2.22 bits per heavy atom. The Morgan fingerprint density at radius 1 is 1.50 bits per heavy atom. The molecule has 1 heterocycles. The predicted molar refractivity (Wildman–Crippen MR) is 70.0 cm³/mol. The number of rotatable bonds is 3. The number of aryl methyl sites for hydroxylation is 2. The average molecular weight is 268 g/mol. The summed E-state index contributed by atoms with van der Waals surface area (Å²) < 4.78 is 15.1. The van der Waals surface area contributed by atoms with Gasteiger partial charge in [-0.3, -0.25) is 4.68 Å². The third-order valence-electron chi connectivity index (χ3n) is 2.89. The summed E-state index contributed by atoms with van der Waals surface area (Å²) in [4.78, 5) is 0. The molecule has 0 aliphatic heterocycles. The molecule has 1 atom stereocenters. The molecule has 5 heteroatoms. The van der Waals surface area contributed by atoms with Crippen molar-refractivity contribution < 1.29 is 4.39 Å². The highest BCUT2D eigenvalue weighted by atomic mass is 35.5. The van der Waals surface area contributed by atoms with E-state index < -0.39 is 5.82 Å². The Balaban J connectivity index is 2.18. The van der Waals surface area contributed by atoms with Crippen molar-refractivity contribution in [3.8, 4) is 0 Å². The molecule has 1 aromatic carbocycles. The number of halogens is 2. The van der Waals surface area contributed by atoms with Crippen LogP contribution >= 0.6 is 11.6 Å². The first-order chi connectivity index (χ1) is 8.47. The van der Waals surface area contributed by atoms with Gasteiger partial charge in [0.2, 0.25) is 0 Å². The van der Waals surface area contributed by atoms with Gasteiger partial charge < -0.3 is 5.73 Å². The third kappa shape index (κ3) is 2.71. The first-order valence-corrected chi connectivity index (χ1v) is 6.05. The minimum Gasteiger partial charge on any atom is -0.324 e. The van der Waals surface area contributed by atoms with Gasteiger partial charge in [-0.15, -0.1) is 0 Å². The van der Waals surface area contributed by atoms with Crippen LogP contribution in [0.15, 0.2) is 24.4 Å². The van der Waals surface area contributed by atoms with Crippen LogP contribution in [0.4, 0.5) is 4.39 Å². The lowest BCUT2D eigenvalue weighted by molar-refractivity contribution is 0.622. The predicted octanol–water partition coefficient (Wildman–Crippen LogP) is 2.76. The maximum atomic E-state index is 13.3. The van der Waals surface area contributed by atoms with Crippen molar-refractivity contribution in [2.24, 2.45) is 12.8 Å². The molecule has 2 N–H and O–H groups in total. The van der Waals surface area contributed by atoms with Gasteiger partial charge in [0.25, 0.3) is 0 Å². The minimum atomic E-state index is -0.413. The Bertz CT molecular complexity index is 565. The molecule has 0 aliphatic rings. The molecule has 3 nitrogen and oxygen atoms in total. The van der Waals surface area contributed by atoms with Crippen molar-refractivity contribution in [3.63, 3.8) is 0 Å². The molecule has 1 unspecified atom stereocenters. The van der Waals surface area contributed by atoms with Crippen molar-refractivity contribution in [3.05, 3.63) is 52.1 Å². The largest absolute Gasteiger partial charge is 0.324 e. The van der Waals surface area contributed by atoms with Gasteiger partial charge in [-0.1, -0.05) is 17.7 Å². The van der Waals surface area contributed by atoms with E-state index in [0.717, 1.165) is 16.8 Å². The summed E-state index contributed by atoms with van der Waals surface area (Å²) in [5.41, 5.74) is 8.83. The highest BCUT2D eigenvalue weighted by molar-refractivity contribution is 6.30. The molecule has 0 bridgehead atoms. The van der Waals surface area contributed by atoms with Gasteiger partial charge in [0.15, 0.2) is 0 Å². The fourth-order valence-corrected chi connectivity index (χ4v) is 2.13. The lowest BCUT2D eigenvalue weighted by Gasteiger charge is -2.11. The summed E-state index contributed by atoms with van der Waals surface area (Å²) in [6.45, 7) is 1.91. The van der Waals surface area contributed by atoms with Gasteiger partial charge in [0.1, 0.15) is 5.82 Å². The molecule has 0 saturated carbocycles. The fourth-order valence-electron chi connectivity index (χ4n) is 2.01. The summed E-state index contributed by atoms with van der Waals surface area (Å²) in [6.07, 6.45) is 2.45. The van der Waals surface area contributed by atoms with E-state index in [9.17, 15) is 4.39 Å². The number of nitrogens with two attached hydrogens (primary N) is 1. The summed E-state index contributed by atoms with van der Waals surface area (Å²) >= 11 is 5.64. The van der Waals surface area contributed by atoms with Crippen LogP contribution in [0.1, 0.15) is 22.9 Å². The van der Waals surface area contributed by atoms with Crippen molar-refractivity contribution in [1.29, 1.82) is 0 Å². The molecule has 0 radical (unpaired) electrons. The zero-order valence-electron chi connectivity index (χ0n) is 10.3. The van der Waals surface area contributed by atoms with Crippen LogP contribution in [-0.4, -0.2) is 9.78 Å². The van der Waals surface area contributed by atoms with Gasteiger partial charge >= 0.3 is 0 Å². The van der Waals surface area contributed by atoms with Crippen LogP contribution in [0, 0.1) is 12.7 Å². The SMILES string of the molecule is Cc1nn(C)cc1C(N)Cc1ccc(Cl)c(F)c1. The topological polar surface area (TPSA) is 43.8 Å². The maximum Gasteiger partial charge on any atom is 0.142 e. The van der Waals surface area contributed by atoms with Gasteiger partial charge in [-0.25, -0.2) is 4.39 Å². The Labute approximate surface area is 110 Å². The van der Waals surface area contributed by atoms with E-state index in [1.54, 1.807) is 16.8 Å². The quantitative estimate of drug-likeness (QED) is 0.929. The zero-order chi connectivity index (χ0) is 13.3. The average Bonchev–Trinajstić information content (AvgIpc) is 2.63. The van der Waals surface area contributed by atoms with Gasteiger partial charge in [-0.05, 0) is 31.0 Å². The number of aromatic nitrogens is 2. The van der Waals surface area contributed by atoms with Crippen molar-refractivity contribution in [2.45, 2.75) is 19.4 Å². The van der Waals surface area contributed by atoms with E-state index in [4.69, 9.17) is 17.3 Å². The van der Waals surface area contributed by atoms with Crippen LogP contribution in [0.3, 0.4) is 0 Å². The highest BCUT2D eigenvalue weighted by Gasteiger charge is 2.13. The molecule has 2 rings (SSSR count). The van der Waals surface area contributed by atoms with Gasteiger partial charge in [-0.2, -0.15) is 5.10 Å². The molecular formula is C13H15ClFN3. The van der Waals surface area contributed by atoms with Crippen LogP contribution in [-0.2, 0) is 13.5 Å². The molecule has 2 aromatic rings. The lowest BCUT2D eigenvalue weighted by atomic mass is 10.0. The summed E-state index contributed by atoms with van der Waals surface area (Å²) in [5, 5.41) is 4.38. The first-order valence-electron chi connectivity index (χ1n) is 5.67. The van der Waals surface area contributed by atoms with Gasteiger partial charge in [0, 0.05) is 24.8 Å². The fraction of sp³-hybridized carbons (Fsp3) is 0.308. The molecule has 0 amide bonds. The Kier molecular flexibility index (Phi) is 3.68. The second-order valence-corrected chi connectivity index (χ2v) is 4.81. The number of hydrogen-bond acceptors (Lipinski definition) is 2. The first kappa shape index (κ1) is 13.1. The lowest BCUT2D eigenvalue weighted by Crippen LogP contribution is -2.14. The van der Waals surface area contributed by atoms with E-state index >= 15 is 0 Å². The molecule has 0 aliphatic carbocycles. The van der Waals surface area contributed by atoms with Crippen LogP contribution < -0.4 is 5.73 Å². The Morgan fingerprint density at radius 3 is 2.78 bits per heavy atom. The monoisotopic (exact) mass is 267 g/mol. The molecule has 0 fully saturated rings. The van der Waals surface area contributed by atoms with E-state index in [0.29, 0.717) is 6.42 Å². The number of benzene rings is 1. The zero-order valence-corrected chi connectivity index (χ0v) is 11.1. The molecule has 18 heavy (non-hydrogen) atoms. The van der Waals surface area contributed by atoms with Crippen LogP contribution in [0.5, 0.6) is 0 Å². The van der Waals surface area contributed by atoms with Crippen molar-refractivity contribution >= 4 is 11.6 Å². The molecule has 0 saturated heterocycles. The maximum absolute atomic E-state index is 13.3. The van der Waals surface area contributed by atoms with E-state index in [1.165, 1.54) is 6.07 Å². The molecule has 0 spiro atoms. The highest BCUT2D eigenvalue weighted by Crippen LogP contribution is 2.21. The van der Waals surface area contributed by atoms with E-state index in [-0.39, 0.29) is 11.1 Å². The molecule has 96 valence electrons. The van der Waals surface area contributed by atoms with Crippen LogP contribution in [0.25, 0.3) is 0 Å². The summed E-state index contributed by atoms with van der Waals surface area (Å²) in [6, 6.07) is 4.57. The second-order valence-electron chi connectivity index (χ2n) is 4.40. The van der Waals surface area contributed by atoms with E-state index in [1.807, 2.05) is 20.2 Å². The summed E-state index contributed by atoms with van der Waals surface area (Å²) in [5.74, 6) is -0.413. The van der Waals surface area contributed by atoms with Crippen molar-refractivity contribution in [2.75, 3.05) is 0 Å². The number of nitrogens with zero attached hydrogens (tertiary/aromatic N) is 2. The van der Waals surface area contributed by atoms with Crippen molar-refractivity contribution in [1.82, 2.24) is 9.78 Å². The molecular weight excluding hydrogens is 253 g/mol. The standard InChI is InChI=1S/C13H15ClFN3/c1-8-10(7-18(2)17-8)13(16)6-9-3-4-11(14)12(15)5-9/h3-5,7,13H,6,16H2,1-2H3. The number of hydrogen-bond donors (Lipinski definition) is 1. The Hall–Kier alpha value is -1.39. The summed E-state index contributed by atoms with van der Waals surface area (Å²) in [7, 11) is 1.85. The van der Waals surface area contributed by atoms with E-state index in [2.05, 4.69) is 5.10 Å². The van der Waals surface area contributed by atoms with Gasteiger partial charge in [0.05, 0.1) is 10.7 Å². The third-order valence-corrected chi connectivity index (χ3v) is 3.20. The smallest absolute Gasteiger partial charge is 0.142 e. The minimum absolute atomic E-state index is 0.130. The molecule has 1 aromatic heterocycles. The normalized spacial score (nSPS) is 12.7. The second kappa shape index (κ2) is 5.08.